The van der Waals surface area contributed by atoms with Crippen LogP contribution in [0.2, 0.25) is 0 Å². The molecule has 5 aromatic carbocycles. The van der Waals surface area contributed by atoms with Gasteiger partial charge in [0.1, 0.15) is 6.04 Å². The lowest BCUT2D eigenvalue weighted by atomic mass is 9.77. The van der Waals surface area contributed by atoms with Gasteiger partial charge in [-0.2, -0.15) is 0 Å². The van der Waals surface area contributed by atoms with Crippen molar-refractivity contribution in [2.75, 3.05) is 7.11 Å². The quantitative estimate of drug-likeness (QED) is 0.125. The minimum absolute atomic E-state index is 0.115. The largest absolute Gasteiger partial charge is 0.468 e. The van der Waals surface area contributed by atoms with Crippen LogP contribution in [0, 0.1) is 5.92 Å². The van der Waals surface area contributed by atoms with Crippen LogP contribution < -0.4 is 5.32 Å². The van der Waals surface area contributed by atoms with Crippen molar-refractivity contribution in [3.63, 3.8) is 0 Å². The molecule has 1 heterocycles. The maximum Gasteiger partial charge on any atom is 0.323 e. The van der Waals surface area contributed by atoms with Crippen LogP contribution in [0.1, 0.15) is 36.1 Å². The van der Waals surface area contributed by atoms with Crippen molar-refractivity contribution in [1.29, 1.82) is 0 Å². The molecule has 6 aromatic rings. The molecule has 0 bridgehead atoms. The Kier molecular flexibility index (Phi) is 9.13. The highest BCUT2D eigenvalue weighted by Gasteiger charge is 2.41. The van der Waals surface area contributed by atoms with Crippen LogP contribution in [0.4, 0.5) is 0 Å². The Bertz CT molecular complexity index is 1770. The third kappa shape index (κ3) is 5.97. The number of aromatic nitrogens is 4. The highest BCUT2D eigenvalue weighted by molar-refractivity contribution is 5.80. The van der Waals surface area contributed by atoms with Crippen LogP contribution in [-0.4, -0.2) is 39.3 Å². The van der Waals surface area contributed by atoms with Gasteiger partial charge in [0.05, 0.1) is 7.11 Å². The molecule has 0 aliphatic carbocycles. The Labute approximate surface area is 269 Å². The van der Waals surface area contributed by atoms with Crippen molar-refractivity contribution in [2.45, 2.75) is 32.0 Å². The van der Waals surface area contributed by atoms with Crippen molar-refractivity contribution in [3.05, 3.63) is 162 Å². The molecule has 1 N–H and O–H groups in total. The summed E-state index contributed by atoms with van der Waals surface area (Å²) in [6.45, 7) is 4.56. The number of carbonyl (C=O) groups is 1. The summed E-state index contributed by atoms with van der Waals surface area (Å²) in [5.41, 5.74) is 6.22. The topological polar surface area (TPSA) is 81.9 Å². The molecule has 6 rings (SSSR count). The van der Waals surface area contributed by atoms with E-state index in [1.165, 1.54) is 7.11 Å². The molecule has 0 spiro atoms. The lowest BCUT2D eigenvalue weighted by molar-refractivity contribution is -0.144. The molecule has 0 saturated carbocycles. The average Bonchev–Trinajstić information content (AvgIpc) is 3.60. The molecule has 1 atom stereocenters. The van der Waals surface area contributed by atoms with Crippen LogP contribution in [0.15, 0.2) is 140 Å². The van der Waals surface area contributed by atoms with Gasteiger partial charge >= 0.3 is 5.97 Å². The van der Waals surface area contributed by atoms with Crippen molar-refractivity contribution >= 4 is 5.97 Å². The number of rotatable bonds is 11. The van der Waals surface area contributed by atoms with Crippen LogP contribution in [0.5, 0.6) is 0 Å². The van der Waals surface area contributed by atoms with Gasteiger partial charge in [-0.1, -0.05) is 153 Å². The van der Waals surface area contributed by atoms with E-state index in [2.05, 4.69) is 77.1 Å². The van der Waals surface area contributed by atoms with E-state index >= 15 is 0 Å². The number of methoxy groups -OCH3 is 1. The van der Waals surface area contributed by atoms with Gasteiger partial charge < -0.3 is 10.1 Å². The predicted molar refractivity (Wildman–Crippen MR) is 181 cm³/mol. The zero-order chi connectivity index (χ0) is 31.9. The standard InChI is InChI=1S/C39H37N5O2/c1-28(2)36(38(45)46-3)40-27-29-23-25-30(26-24-29)34-21-13-14-22-35(34)37-41-43-44(42-37)39(31-15-7-4-8-16-31,32-17-9-5-10-18-32)33-19-11-6-12-20-33/h4-26,28,36,40H,27H2,1-3H3/t36-/m0/s1. The van der Waals surface area contributed by atoms with Gasteiger partial charge in [0.2, 0.25) is 5.82 Å². The first-order valence-electron chi connectivity index (χ1n) is 15.5. The number of carbonyl (C=O) groups excluding carboxylic acids is 1. The van der Waals surface area contributed by atoms with E-state index in [0.29, 0.717) is 12.4 Å². The summed E-state index contributed by atoms with van der Waals surface area (Å²) < 4.78 is 4.97. The Hall–Kier alpha value is -5.40. The highest BCUT2D eigenvalue weighted by Crippen LogP contribution is 2.40. The highest BCUT2D eigenvalue weighted by atomic mass is 16.5. The maximum atomic E-state index is 12.2. The van der Waals surface area contributed by atoms with Crippen LogP contribution in [0.25, 0.3) is 22.5 Å². The first-order valence-corrected chi connectivity index (χ1v) is 15.5. The smallest absolute Gasteiger partial charge is 0.323 e. The van der Waals surface area contributed by atoms with Crippen molar-refractivity contribution < 1.29 is 9.53 Å². The number of ether oxygens (including phenoxy) is 1. The van der Waals surface area contributed by atoms with Gasteiger partial charge in [-0.15, -0.1) is 15.0 Å². The molecule has 0 radical (unpaired) electrons. The molecule has 46 heavy (non-hydrogen) atoms. The normalized spacial score (nSPS) is 12.2. The van der Waals surface area contributed by atoms with E-state index in [0.717, 1.165) is 38.9 Å². The second-order valence-corrected chi connectivity index (χ2v) is 11.6. The summed E-state index contributed by atoms with van der Waals surface area (Å²) in [5, 5.41) is 17.9. The van der Waals surface area contributed by atoms with Gasteiger partial charge in [-0.25, -0.2) is 0 Å². The summed E-state index contributed by atoms with van der Waals surface area (Å²) >= 11 is 0. The van der Waals surface area contributed by atoms with Gasteiger partial charge in [-0.05, 0) is 44.5 Å². The zero-order valence-corrected chi connectivity index (χ0v) is 26.2. The Morgan fingerprint density at radius 3 is 1.72 bits per heavy atom. The minimum atomic E-state index is -0.851. The molecule has 0 saturated heterocycles. The monoisotopic (exact) mass is 607 g/mol. The van der Waals surface area contributed by atoms with E-state index < -0.39 is 5.54 Å². The molecule has 0 aliphatic rings. The number of hydrogen-bond acceptors (Lipinski definition) is 6. The number of tetrazole rings is 1. The molecule has 0 aliphatic heterocycles. The van der Waals surface area contributed by atoms with E-state index in [-0.39, 0.29) is 17.9 Å². The summed E-state index contributed by atoms with van der Waals surface area (Å²) in [6.07, 6.45) is 0. The molecule has 0 amide bonds. The molecule has 1 aromatic heterocycles. The lowest BCUT2D eigenvalue weighted by Crippen LogP contribution is -2.41. The summed E-state index contributed by atoms with van der Waals surface area (Å²) in [6, 6.07) is 47.1. The fourth-order valence-corrected chi connectivity index (χ4v) is 6.03. The van der Waals surface area contributed by atoms with Gasteiger partial charge in [0, 0.05) is 12.1 Å². The maximum absolute atomic E-state index is 12.2. The van der Waals surface area contributed by atoms with E-state index in [1.807, 2.05) is 86.6 Å². The molecule has 7 nitrogen and oxygen atoms in total. The molecule has 0 fully saturated rings. The second kappa shape index (κ2) is 13.7. The summed E-state index contributed by atoms with van der Waals surface area (Å²) in [5.74, 6) is 0.396. The Morgan fingerprint density at radius 2 is 1.22 bits per heavy atom. The number of benzene rings is 5. The van der Waals surface area contributed by atoms with Crippen LogP contribution in [-0.2, 0) is 21.6 Å². The number of nitrogens with zero attached hydrogens (tertiary/aromatic N) is 4. The van der Waals surface area contributed by atoms with E-state index in [4.69, 9.17) is 15.0 Å². The lowest BCUT2D eigenvalue weighted by Gasteiger charge is -2.34. The zero-order valence-electron chi connectivity index (χ0n) is 26.2. The van der Waals surface area contributed by atoms with Gasteiger partial charge in [0.25, 0.3) is 0 Å². The molecule has 0 unspecified atom stereocenters. The average molecular weight is 608 g/mol. The molecule has 7 heteroatoms. The first kappa shape index (κ1) is 30.6. The molecular formula is C39H37N5O2. The van der Waals surface area contributed by atoms with Crippen molar-refractivity contribution in [2.24, 2.45) is 5.92 Å². The Morgan fingerprint density at radius 1 is 0.717 bits per heavy atom. The van der Waals surface area contributed by atoms with E-state index in [1.54, 1.807) is 4.80 Å². The van der Waals surface area contributed by atoms with E-state index in [9.17, 15) is 4.79 Å². The molecular weight excluding hydrogens is 570 g/mol. The third-order valence-electron chi connectivity index (χ3n) is 8.37. The number of esters is 1. The number of nitrogens with one attached hydrogen (secondary N) is 1. The van der Waals surface area contributed by atoms with Gasteiger partial charge in [0.15, 0.2) is 5.54 Å². The van der Waals surface area contributed by atoms with Crippen LogP contribution >= 0.6 is 0 Å². The van der Waals surface area contributed by atoms with Gasteiger partial charge in [-0.3, -0.25) is 4.79 Å². The molecule has 230 valence electrons. The predicted octanol–water partition coefficient (Wildman–Crippen LogP) is 7.13. The summed E-state index contributed by atoms with van der Waals surface area (Å²) in [7, 11) is 1.42. The van der Waals surface area contributed by atoms with Crippen LogP contribution in [0.3, 0.4) is 0 Å². The number of hydrogen-bond donors (Lipinski definition) is 1. The SMILES string of the molecule is COC(=O)[C@@H](NCc1ccc(-c2ccccc2-c2nnn(C(c3ccccc3)(c3ccccc3)c3ccccc3)n2)cc1)C(C)C. The van der Waals surface area contributed by atoms with Crippen molar-refractivity contribution in [1.82, 2.24) is 25.5 Å². The third-order valence-corrected chi connectivity index (χ3v) is 8.37. The fourth-order valence-electron chi connectivity index (χ4n) is 6.03. The minimum Gasteiger partial charge on any atom is -0.468 e. The fraction of sp³-hybridized carbons (Fsp3) is 0.179. The van der Waals surface area contributed by atoms with Crippen molar-refractivity contribution in [3.8, 4) is 22.5 Å². The first-order chi connectivity index (χ1) is 22.5. The second-order valence-electron chi connectivity index (χ2n) is 11.6. The Balaban J connectivity index is 1.39. The summed E-state index contributed by atoms with van der Waals surface area (Å²) in [4.78, 5) is 13.9.